The molecule has 0 amide bonds. The smallest absolute Gasteiger partial charge is 0.185 e. The lowest BCUT2D eigenvalue weighted by molar-refractivity contribution is 0.271. The van der Waals surface area contributed by atoms with Gasteiger partial charge in [-0.1, -0.05) is 20.8 Å². The van der Waals surface area contributed by atoms with Gasteiger partial charge >= 0.3 is 0 Å². The predicted molar refractivity (Wildman–Crippen MR) is 87.7 cm³/mol. The highest BCUT2D eigenvalue weighted by Gasteiger charge is 2.19. The van der Waals surface area contributed by atoms with Crippen LogP contribution in [0.3, 0.4) is 0 Å². The molecule has 4 nitrogen and oxygen atoms in total. The predicted octanol–water partition coefficient (Wildman–Crippen LogP) is 2.34. The lowest BCUT2D eigenvalue weighted by Crippen LogP contribution is -2.46. The van der Waals surface area contributed by atoms with Crippen molar-refractivity contribution in [2.45, 2.75) is 34.2 Å². The molecule has 20 heavy (non-hydrogen) atoms. The minimum atomic E-state index is 0.699. The van der Waals surface area contributed by atoms with Gasteiger partial charge in [-0.2, -0.15) is 0 Å². The zero-order valence-electron chi connectivity index (χ0n) is 13.3. The average Bonchev–Trinajstić information content (AvgIpc) is 2.80. The topological polar surface area (TPSA) is 31.4 Å². The molecule has 1 fully saturated rings. The van der Waals surface area contributed by atoms with Crippen molar-refractivity contribution >= 4 is 16.5 Å². The van der Waals surface area contributed by atoms with Crippen molar-refractivity contribution in [3.05, 3.63) is 10.6 Å². The standard InChI is InChI=1S/C15H28N4S/c1-5-18-6-8-19(9-7-18)15-17-13(4)14(20-15)11-16-10-12(2)3/h12,16H,5-11H2,1-4H3. The van der Waals surface area contributed by atoms with Crippen LogP contribution >= 0.6 is 11.3 Å². The van der Waals surface area contributed by atoms with E-state index in [4.69, 9.17) is 4.98 Å². The second-order valence-electron chi connectivity index (χ2n) is 5.95. The van der Waals surface area contributed by atoms with Gasteiger partial charge in [-0.3, -0.25) is 0 Å². The molecule has 0 bridgehead atoms. The van der Waals surface area contributed by atoms with E-state index in [9.17, 15) is 0 Å². The first kappa shape index (κ1) is 15.7. The Bertz CT molecular complexity index is 408. The SMILES string of the molecule is CCN1CCN(c2nc(C)c(CNCC(C)C)s2)CC1. The van der Waals surface area contributed by atoms with E-state index in [1.165, 1.54) is 15.7 Å². The van der Waals surface area contributed by atoms with Crippen LogP contribution in [0.2, 0.25) is 0 Å². The van der Waals surface area contributed by atoms with E-state index in [1.54, 1.807) is 0 Å². The van der Waals surface area contributed by atoms with Gasteiger partial charge < -0.3 is 15.1 Å². The molecule has 0 radical (unpaired) electrons. The normalized spacial score (nSPS) is 17.1. The molecule has 0 unspecified atom stereocenters. The number of aromatic nitrogens is 1. The molecule has 1 saturated heterocycles. The van der Waals surface area contributed by atoms with Gasteiger partial charge in [-0.25, -0.2) is 4.98 Å². The fourth-order valence-corrected chi connectivity index (χ4v) is 3.52. The molecular weight excluding hydrogens is 268 g/mol. The van der Waals surface area contributed by atoms with Crippen LogP contribution in [0.5, 0.6) is 0 Å². The van der Waals surface area contributed by atoms with Crippen molar-refractivity contribution in [3.8, 4) is 0 Å². The van der Waals surface area contributed by atoms with E-state index in [0.717, 1.165) is 45.8 Å². The van der Waals surface area contributed by atoms with Crippen LogP contribution in [0.4, 0.5) is 5.13 Å². The molecule has 1 aromatic heterocycles. The van der Waals surface area contributed by atoms with Crippen molar-refractivity contribution < 1.29 is 0 Å². The van der Waals surface area contributed by atoms with Crippen molar-refractivity contribution in [1.29, 1.82) is 0 Å². The number of nitrogens with zero attached hydrogens (tertiary/aromatic N) is 3. The van der Waals surface area contributed by atoms with Crippen LogP contribution in [0.15, 0.2) is 0 Å². The highest BCUT2D eigenvalue weighted by Crippen LogP contribution is 2.26. The van der Waals surface area contributed by atoms with Gasteiger partial charge in [-0.15, -0.1) is 11.3 Å². The second kappa shape index (κ2) is 7.38. The molecule has 0 spiro atoms. The molecule has 0 atom stereocenters. The van der Waals surface area contributed by atoms with E-state index in [0.29, 0.717) is 5.92 Å². The van der Waals surface area contributed by atoms with E-state index in [2.05, 4.69) is 42.8 Å². The van der Waals surface area contributed by atoms with Crippen molar-refractivity contribution in [3.63, 3.8) is 0 Å². The molecule has 2 rings (SSSR count). The molecule has 114 valence electrons. The summed E-state index contributed by atoms with van der Waals surface area (Å²) >= 11 is 1.86. The van der Waals surface area contributed by atoms with E-state index >= 15 is 0 Å². The summed E-state index contributed by atoms with van der Waals surface area (Å²) in [7, 11) is 0. The van der Waals surface area contributed by atoms with E-state index in [1.807, 2.05) is 11.3 Å². The van der Waals surface area contributed by atoms with Crippen molar-refractivity contribution in [2.75, 3.05) is 44.2 Å². The first-order valence-electron chi connectivity index (χ1n) is 7.74. The van der Waals surface area contributed by atoms with Crippen LogP contribution in [0, 0.1) is 12.8 Å². The number of rotatable bonds is 6. The maximum atomic E-state index is 4.77. The first-order valence-corrected chi connectivity index (χ1v) is 8.56. The molecule has 1 aromatic rings. The zero-order chi connectivity index (χ0) is 14.5. The summed E-state index contributed by atoms with van der Waals surface area (Å²) in [6.45, 7) is 16.6. The molecule has 5 heteroatoms. The Kier molecular flexibility index (Phi) is 5.81. The summed E-state index contributed by atoms with van der Waals surface area (Å²) in [5.41, 5.74) is 1.19. The Balaban J connectivity index is 1.90. The van der Waals surface area contributed by atoms with Crippen LogP contribution in [0.25, 0.3) is 0 Å². The van der Waals surface area contributed by atoms with Gasteiger partial charge in [0.2, 0.25) is 0 Å². The zero-order valence-corrected chi connectivity index (χ0v) is 14.1. The summed E-state index contributed by atoms with van der Waals surface area (Å²) in [6, 6.07) is 0. The quantitative estimate of drug-likeness (QED) is 0.873. The minimum Gasteiger partial charge on any atom is -0.346 e. The van der Waals surface area contributed by atoms with Gasteiger partial charge in [0, 0.05) is 37.6 Å². The third-order valence-corrected chi connectivity index (χ3v) is 5.03. The Morgan fingerprint density at radius 2 is 1.95 bits per heavy atom. The molecule has 0 saturated carbocycles. The number of nitrogens with one attached hydrogen (secondary N) is 1. The van der Waals surface area contributed by atoms with Gasteiger partial charge in [0.05, 0.1) is 5.69 Å². The Morgan fingerprint density at radius 3 is 2.55 bits per heavy atom. The molecular formula is C15H28N4S. The monoisotopic (exact) mass is 296 g/mol. The van der Waals surface area contributed by atoms with E-state index < -0.39 is 0 Å². The number of piperazine rings is 1. The number of anilines is 1. The second-order valence-corrected chi connectivity index (χ2v) is 7.01. The van der Waals surface area contributed by atoms with Crippen molar-refractivity contribution in [2.24, 2.45) is 5.92 Å². The fraction of sp³-hybridized carbons (Fsp3) is 0.800. The molecule has 0 aromatic carbocycles. The summed E-state index contributed by atoms with van der Waals surface area (Å²) in [5, 5.41) is 4.73. The lowest BCUT2D eigenvalue weighted by Gasteiger charge is -2.33. The first-order chi connectivity index (χ1) is 9.60. The molecule has 1 aliphatic heterocycles. The van der Waals surface area contributed by atoms with Crippen LogP contribution in [-0.2, 0) is 6.54 Å². The summed E-state index contributed by atoms with van der Waals surface area (Å²) < 4.78 is 0. The molecule has 0 aliphatic carbocycles. The lowest BCUT2D eigenvalue weighted by atomic mass is 10.2. The largest absolute Gasteiger partial charge is 0.346 e. The minimum absolute atomic E-state index is 0.699. The average molecular weight is 296 g/mol. The third-order valence-electron chi connectivity index (χ3n) is 3.81. The third kappa shape index (κ3) is 4.17. The highest BCUT2D eigenvalue weighted by atomic mass is 32.1. The van der Waals surface area contributed by atoms with Crippen LogP contribution in [-0.4, -0.2) is 49.2 Å². The van der Waals surface area contributed by atoms with Crippen molar-refractivity contribution in [1.82, 2.24) is 15.2 Å². The number of hydrogen-bond acceptors (Lipinski definition) is 5. The number of likely N-dealkylation sites (N-methyl/N-ethyl adjacent to an activating group) is 1. The number of aryl methyl sites for hydroxylation is 1. The Hall–Kier alpha value is -0.650. The Morgan fingerprint density at radius 1 is 1.25 bits per heavy atom. The maximum Gasteiger partial charge on any atom is 0.185 e. The van der Waals surface area contributed by atoms with Gasteiger partial charge in [0.25, 0.3) is 0 Å². The fourth-order valence-electron chi connectivity index (χ4n) is 2.44. The molecule has 2 heterocycles. The van der Waals surface area contributed by atoms with Gasteiger partial charge in [-0.05, 0) is 25.9 Å². The summed E-state index contributed by atoms with van der Waals surface area (Å²) in [6.07, 6.45) is 0. The Labute approximate surface area is 127 Å². The van der Waals surface area contributed by atoms with Gasteiger partial charge in [0.1, 0.15) is 0 Å². The highest BCUT2D eigenvalue weighted by molar-refractivity contribution is 7.15. The van der Waals surface area contributed by atoms with Gasteiger partial charge in [0.15, 0.2) is 5.13 Å². The molecule has 1 N–H and O–H groups in total. The molecule has 1 aliphatic rings. The summed E-state index contributed by atoms with van der Waals surface area (Å²) in [4.78, 5) is 11.1. The van der Waals surface area contributed by atoms with E-state index in [-0.39, 0.29) is 0 Å². The maximum absolute atomic E-state index is 4.77. The summed E-state index contributed by atoms with van der Waals surface area (Å²) in [5.74, 6) is 0.699. The van der Waals surface area contributed by atoms with Crippen LogP contribution in [0.1, 0.15) is 31.3 Å². The number of thiazole rings is 1. The number of hydrogen-bond donors (Lipinski definition) is 1. The van der Waals surface area contributed by atoms with Crippen LogP contribution < -0.4 is 10.2 Å².